The fourth-order valence-electron chi connectivity index (χ4n) is 2.57. The lowest BCUT2D eigenvalue weighted by molar-refractivity contribution is -0.154. The lowest BCUT2D eigenvalue weighted by atomic mass is 10.1. The van der Waals surface area contributed by atoms with E-state index in [1.54, 1.807) is 26.0 Å². The quantitative estimate of drug-likeness (QED) is 0.775. The number of nitrogens with one attached hydrogen (secondary N) is 1. The van der Waals surface area contributed by atoms with Gasteiger partial charge in [-0.3, -0.25) is 14.6 Å². The van der Waals surface area contributed by atoms with Crippen molar-refractivity contribution in [3.63, 3.8) is 0 Å². The van der Waals surface area contributed by atoms with Gasteiger partial charge >= 0.3 is 6.18 Å². The third-order valence-electron chi connectivity index (χ3n) is 3.76. The summed E-state index contributed by atoms with van der Waals surface area (Å²) in [5.41, 5.74) is 1.99. The Morgan fingerprint density at radius 2 is 1.96 bits per heavy atom. The van der Waals surface area contributed by atoms with Crippen LogP contribution < -0.4 is 10.1 Å². The molecule has 28 heavy (non-hydrogen) atoms. The van der Waals surface area contributed by atoms with E-state index >= 15 is 0 Å². The highest BCUT2D eigenvalue weighted by atomic mass is 19.4. The van der Waals surface area contributed by atoms with Gasteiger partial charge in [0, 0.05) is 30.9 Å². The number of ketones is 1. The van der Waals surface area contributed by atoms with Crippen molar-refractivity contribution in [3.05, 3.63) is 40.8 Å². The smallest absolute Gasteiger partial charge is 0.422 e. The first-order valence-electron chi connectivity index (χ1n) is 8.46. The maximum Gasteiger partial charge on any atom is 0.422 e. The fourth-order valence-corrected chi connectivity index (χ4v) is 2.57. The zero-order chi connectivity index (χ0) is 21.1. The van der Waals surface area contributed by atoms with Gasteiger partial charge in [-0.05, 0) is 38.5 Å². The third-order valence-corrected chi connectivity index (χ3v) is 3.76. The Hall–Kier alpha value is -2.91. The molecule has 2 aromatic heterocycles. The lowest BCUT2D eigenvalue weighted by Gasteiger charge is -2.15. The molecule has 2 aromatic rings. The second-order valence-electron chi connectivity index (χ2n) is 6.50. The molecular formula is C18H21F3N4O3. The second kappa shape index (κ2) is 8.41. The van der Waals surface area contributed by atoms with Gasteiger partial charge < -0.3 is 10.1 Å². The van der Waals surface area contributed by atoms with Crippen molar-refractivity contribution in [3.8, 4) is 5.88 Å². The normalized spacial score (nSPS) is 12.5. The van der Waals surface area contributed by atoms with E-state index in [4.69, 9.17) is 0 Å². The highest BCUT2D eigenvalue weighted by Crippen LogP contribution is 2.20. The van der Waals surface area contributed by atoms with Crippen LogP contribution >= 0.6 is 0 Å². The molecular weight excluding hydrogens is 377 g/mol. The molecule has 0 saturated heterocycles. The summed E-state index contributed by atoms with van der Waals surface area (Å²) in [4.78, 5) is 28.0. The molecule has 1 unspecified atom stereocenters. The minimum Gasteiger partial charge on any atom is -0.468 e. The topological polar surface area (TPSA) is 86.1 Å². The van der Waals surface area contributed by atoms with Gasteiger partial charge in [-0.25, -0.2) is 4.68 Å². The van der Waals surface area contributed by atoms with E-state index in [0.29, 0.717) is 11.4 Å². The van der Waals surface area contributed by atoms with Crippen LogP contribution in [0.15, 0.2) is 18.2 Å². The van der Waals surface area contributed by atoms with Crippen molar-refractivity contribution in [2.75, 3.05) is 6.61 Å². The van der Waals surface area contributed by atoms with Crippen LogP contribution in [-0.4, -0.2) is 39.2 Å². The number of Topliss-reactive ketones (excluding diaryl/α,β-unsaturated/α-hetero) is 1. The molecule has 2 rings (SSSR count). The molecule has 7 nitrogen and oxygen atoms in total. The van der Waals surface area contributed by atoms with Gasteiger partial charge in [-0.15, -0.1) is 0 Å². The largest absolute Gasteiger partial charge is 0.468 e. The average Bonchev–Trinajstić information content (AvgIpc) is 2.92. The minimum atomic E-state index is -4.49. The van der Waals surface area contributed by atoms with Crippen molar-refractivity contribution in [1.82, 2.24) is 20.1 Å². The Morgan fingerprint density at radius 3 is 2.57 bits per heavy atom. The molecule has 1 atom stereocenters. The Kier molecular flexibility index (Phi) is 6.42. The van der Waals surface area contributed by atoms with Crippen molar-refractivity contribution < 1.29 is 27.5 Å². The number of aryl methyl sites for hydroxylation is 2. The molecule has 0 aliphatic heterocycles. The summed E-state index contributed by atoms with van der Waals surface area (Å²) in [5.74, 6) is -0.758. The summed E-state index contributed by atoms with van der Waals surface area (Å²) in [6, 6.07) is 4.23. The van der Waals surface area contributed by atoms with E-state index in [9.17, 15) is 22.8 Å². The fraction of sp³-hybridized carbons (Fsp3) is 0.444. The zero-order valence-electron chi connectivity index (χ0n) is 15.9. The molecule has 152 valence electrons. The first-order valence-corrected chi connectivity index (χ1v) is 8.46. The van der Waals surface area contributed by atoms with Gasteiger partial charge in [0.05, 0.1) is 6.04 Å². The molecule has 10 heteroatoms. The van der Waals surface area contributed by atoms with Gasteiger partial charge in [0.1, 0.15) is 5.78 Å². The summed E-state index contributed by atoms with van der Waals surface area (Å²) < 4.78 is 42.6. The maximum absolute atomic E-state index is 12.4. The lowest BCUT2D eigenvalue weighted by Crippen LogP contribution is -2.27. The molecule has 0 aliphatic rings. The second-order valence-corrected chi connectivity index (χ2v) is 6.50. The number of halogens is 3. The summed E-state index contributed by atoms with van der Waals surface area (Å²) >= 11 is 0. The number of nitrogens with zero attached hydrogens (tertiary/aromatic N) is 3. The monoisotopic (exact) mass is 398 g/mol. The molecule has 0 fully saturated rings. The number of rotatable bonds is 7. The van der Waals surface area contributed by atoms with E-state index in [2.05, 4.69) is 20.1 Å². The number of carbonyl (C=O) groups excluding carboxylic acids is 2. The van der Waals surface area contributed by atoms with Crippen LogP contribution in [0.4, 0.5) is 13.2 Å². The number of aromatic nitrogens is 3. The molecule has 0 radical (unpaired) electrons. The van der Waals surface area contributed by atoms with Crippen LogP contribution in [0, 0.1) is 6.92 Å². The molecule has 0 aromatic carbocycles. The average molecular weight is 398 g/mol. The summed E-state index contributed by atoms with van der Waals surface area (Å²) in [5, 5.41) is 6.62. The van der Waals surface area contributed by atoms with E-state index in [-0.39, 0.29) is 23.8 Å². The Morgan fingerprint density at radius 1 is 1.29 bits per heavy atom. The van der Waals surface area contributed by atoms with Gasteiger partial charge in [0.15, 0.2) is 12.3 Å². The van der Waals surface area contributed by atoms with Crippen molar-refractivity contribution in [2.45, 2.75) is 39.4 Å². The van der Waals surface area contributed by atoms with E-state index in [1.807, 2.05) is 0 Å². The number of alkyl halides is 3. The van der Waals surface area contributed by atoms with Crippen LogP contribution in [0.3, 0.4) is 0 Å². The summed E-state index contributed by atoms with van der Waals surface area (Å²) in [6.07, 6.45) is -4.30. The summed E-state index contributed by atoms with van der Waals surface area (Å²) in [6.45, 7) is 3.52. The molecule has 0 aliphatic carbocycles. The predicted molar refractivity (Wildman–Crippen MR) is 94.0 cm³/mol. The third kappa shape index (κ3) is 6.07. The van der Waals surface area contributed by atoms with Crippen LogP contribution in [0.5, 0.6) is 5.88 Å². The maximum atomic E-state index is 12.4. The molecule has 1 amide bonds. The standard InChI is InChI=1S/C18H21F3N4O3/c1-10-5-13(7-14(22-10)6-11(2)26)12(3)23-17(27)15-8-16(25(4)24-15)28-9-18(19,20)21/h5,7-8,12H,6,9H2,1-4H3,(H,23,27). The highest BCUT2D eigenvalue weighted by Gasteiger charge is 2.29. The van der Waals surface area contributed by atoms with Gasteiger partial charge in [0.25, 0.3) is 5.91 Å². The van der Waals surface area contributed by atoms with Crippen LogP contribution in [0.25, 0.3) is 0 Å². The van der Waals surface area contributed by atoms with E-state index < -0.39 is 24.7 Å². The van der Waals surface area contributed by atoms with Gasteiger partial charge in [-0.2, -0.15) is 18.3 Å². The first kappa shape index (κ1) is 21.4. The van der Waals surface area contributed by atoms with Crippen molar-refractivity contribution in [2.24, 2.45) is 7.05 Å². The van der Waals surface area contributed by atoms with Crippen molar-refractivity contribution in [1.29, 1.82) is 0 Å². The number of ether oxygens (including phenoxy) is 1. The molecule has 0 spiro atoms. The van der Waals surface area contributed by atoms with E-state index in [0.717, 1.165) is 16.3 Å². The number of carbonyl (C=O) groups is 2. The zero-order valence-corrected chi connectivity index (χ0v) is 15.9. The first-order chi connectivity index (χ1) is 12.9. The van der Waals surface area contributed by atoms with Crippen LogP contribution in [0.2, 0.25) is 0 Å². The number of hydrogen-bond acceptors (Lipinski definition) is 5. The number of pyridine rings is 1. The Bertz CT molecular complexity index is 877. The Labute approximate surface area is 159 Å². The molecule has 0 saturated carbocycles. The van der Waals surface area contributed by atoms with Gasteiger partial charge in [0.2, 0.25) is 5.88 Å². The Balaban J connectivity index is 2.10. The van der Waals surface area contributed by atoms with Crippen LogP contribution in [-0.2, 0) is 18.3 Å². The number of hydrogen-bond donors (Lipinski definition) is 1. The molecule has 1 N–H and O–H groups in total. The van der Waals surface area contributed by atoms with Crippen LogP contribution in [0.1, 0.15) is 47.3 Å². The minimum absolute atomic E-state index is 0.0272. The molecule has 0 bridgehead atoms. The van der Waals surface area contributed by atoms with Crippen molar-refractivity contribution >= 4 is 11.7 Å². The SMILES string of the molecule is CC(=O)Cc1cc(C(C)NC(=O)c2cc(OCC(F)(F)F)n(C)n2)cc(C)n1. The molecule has 2 heterocycles. The number of amides is 1. The summed E-state index contributed by atoms with van der Waals surface area (Å²) in [7, 11) is 1.38. The predicted octanol–water partition coefficient (Wildman–Crippen LogP) is 2.69. The van der Waals surface area contributed by atoms with Gasteiger partial charge in [-0.1, -0.05) is 0 Å². The van der Waals surface area contributed by atoms with E-state index in [1.165, 1.54) is 14.0 Å². The highest BCUT2D eigenvalue weighted by molar-refractivity contribution is 5.92.